The molecule has 1 atom stereocenters. The molecule has 33 heavy (non-hydrogen) atoms. The Morgan fingerprint density at radius 1 is 1.09 bits per heavy atom. The topological polar surface area (TPSA) is 65.4 Å². The van der Waals surface area contributed by atoms with E-state index in [0.29, 0.717) is 19.0 Å². The normalized spacial score (nSPS) is 17.5. The molecule has 1 saturated carbocycles. The summed E-state index contributed by atoms with van der Waals surface area (Å²) in [6.45, 7) is 4.99. The minimum absolute atomic E-state index is 0.0260. The highest BCUT2D eigenvalue weighted by molar-refractivity contribution is 5.89. The number of fused-ring (bicyclic) bond motifs is 1. The molecular weight excluding hydrogens is 421 g/mol. The molecule has 6 nitrogen and oxygen atoms in total. The first-order valence-electron chi connectivity index (χ1n) is 11.5. The average molecular weight is 450 g/mol. The van der Waals surface area contributed by atoms with E-state index in [-0.39, 0.29) is 17.8 Å². The van der Waals surface area contributed by atoms with Gasteiger partial charge in [0.05, 0.1) is 23.3 Å². The minimum atomic E-state index is -0.578. The van der Waals surface area contributed by atoms with E-state index in [2.05, 4.69) is 10.4 Å². The summed E-state index contributed by atoms with van der Waals surface area (Å²) in [6, 6.07) is 11.9. The summed E-state index contributed by atoms with van der Waals surface area (Å²) in [7, 11) is 0. The highest BCUT2D eigenvalue weighted by Gasteiger charge is 2.43. The van der Waals surface area contributed by atoms with Gasteiger partial charge in [0.25, 0.3) is 0 Å². The highest BCUT2D eigenvalue weighted by atomic mass is 19.1. The molecule has 5 rings (SSSR count). The zero-order chi connectivity index (χ0) is 23.0. The fraction of sp³-hybridized carbons (Fsp3) is 0.385. The van der Waals surface area contributed by atoms with Crippen molar-refractivity contribution >= 4 is 5.91 Å². The van der Waals surface area contributed by atoms with E-state index in [1.54, 1.807) is 23.0 Å². The maximum atomic E-state index is 13.7. The number of aromatic nitrogens is 2. The van der Waals surface area contributed by atoms with Crippen LogP contribution in [0.2, 0.25) is 0 Å². The molecule has 0 bridgehead atoms. The summed E-state index contributed by atoms with van der Waals surface area (Å²) >= 11 is 0. The Hall–Kier alpha value is -3.35. The molecule has 2 aromatic carbocycles. The van der Waals surface area contributed by atoms with Gasteiger partial charge in [0.1, 0.15) is 19.0 Å². The maximum absolute atomic E-state index is 13.7. The smallest absolute Gasteiger partial charge is 0.231 e. The monoisotopic (exact) mass is 449 g/mol. The molecule has 2 aliphatic rings. The molecule has 1 aliphatic heterocycles. The Morgan fingerprint density at radius 2 is 1.79 bits per heavy atom. The highest BCUT2D eigenvalue weighted by Crippen LogP contribution is 2.44. The number of hydrogen-bond donors (Lipinski definition) is 1. The van der Waals surface area contributed by atoms with E-state index < -0.39 is 5.41 Å². The average Bonchev–Trinajstić information content (AvgIpc) is 3.47. The van der Waals surface area contributed by atoms with Gasteiger partial charge < -0.3 is 14.8 Å². The SMILES string of the molecule is Cc1c(C(C)NC(=O)C2(c3ccc4c(c3)OCCO4)CCCC2)cnn1-c1ccc(F)cc1. The van der Waals surface area contributed by atoms with Gasteiger partial charge in [-0.3, -0.25) is 4.79 Å². The number of benzene rings is 2. The van der Waals surface area contributed by atoms with Crippen LogP contribution in [0.4, 0.5) is 4.39 Å². The number of amides is 1. The first-order valence-corrected chi connectivity index (χ1v) is 11.5. The third kappa shape index (κ3) is 3.86. The van der Waals surface area contributed by atoms with E-state index in [0.717, 1.165) is 53.9 Å². The molecule has 1 aromatic heterocycles. The number of ether oxygens (including phenoxy) is 2. The van der Waals surface area contributed by atoms with Gasteiger partial charge in [0.2, 0.25) is 5.91 Å². The van der Waals surface area contributed by atoms with Crippen molar-refractivity contribution in [3.05, 3.63) is 71.3 Å². The zero-order valence-corrected chi connectivity index (χ0v) is 18.9. The van der Waals surface area contributed by atoms with Crippen molar-refractivity contribution in [2.45, 2.75) is 51.0 Å². The molecule has 1 N–H and O–H groups in total. The van der Waals surface area contributed by atoms with Gasteiger partial charge in [-0.1, -0.05) is 18.9 Å². The Balaban J connectivity index is 1.39. The summed E-state index contributed by atoms with van der Waals surface area (Å²) in [5.41, 5.74) is 3.03. The number of hydrogen-bond acceptors (Lipinski definition) is 4. The second-order valence-corrected chi connectivity index (χ2v) is 8.92. The number of halogens is 1. The molecule has 1 aliphatic carbocycles. The van der Waals surface area contributed by atoms with Crippen LogP contribution in [0.1, 0.15) is 55.5 Å². The number of carbonyl (C=O) groups is 1. The standard InChI is InChI=1S/C26H28FN3O3/c1-17(22-16-28-30(18(22)2)21-8-6-20(27)7-9-21)29-25(31)26(11-3-4-12-26)19-5-10-23-24(15-19)33-14-13-32-23/h5-10,15-17H,3-4,11-14H2,1-2H3,(H,29,31). The van der Waals surface area contributed by atoms with Crippen LogP contribution in [0.25, 0.3) is 5.69 Å². The summed E-state index contributed by atoms with van der Waals surface area (Å²) < 4.78 is 26.5. The number of carbonyl (C=O) groups excluding carboxylic acids is 1. The lowest BCUT2D eigenvalue weighted by Crippen LogP contribution is -2.43. The van der Waals surface area contributed by atoms with Crippen LogP contribution in [0, 0.1) is 12.7 Å². The molecule has 172 valence electrons. The van der Waals surface area contributed by atoms with Crippen molar-refractivity contribution in [1.82, 2.24) is 15.1 Å². The third-order valence-electron chi connectivity index (χ3n) is 6.92. The summed E-state index contributed by atoms with van der Waals surface area (Å²) in [6.07, 6.45) is 5.41. The molecule has 7 heteroatoms. The van der Waals surface area contributed by atoms with Crippen LogP contribution in [0.15, 0.2) is 48.7 Å². The number of nitrogens with one attached hydrogen (secondary N) is 1. The van der Waals surface area contributed by atoms with Crippen LogP contribution in [0.5, 0.6) is 11.5 Å². The Bertz CT molecular complexity index is 1170. The van der Waals surface area contributed by atoms with Crippen molar-refractivity contribution in [1.29, 1.82) is 0 Å². The Labute approximate surface area is 192 Å². The molecular formula is C26H28FN3O3. The van der Waals surface area contributed by atoms with Gasteiger partial charge in [-0.15, -0.1) is 0 Å². The van der Waals surface area contributed by atoms with Crippen molar-refractivity contribution in [2.75, 3.05) is 13.2 Å². The predicted octanol–water partition coefficient (Wildman–Crippen LogP) is 4.78. The quantitative estimate of drug-likeness (QED) is 0.609. The molecule has 1 fully saturated rings. The van der Waals surface area contributed by atoms with Gasteiger partial charge >= 0.3 is 0 Å². The zero-order valence-electron chi connectivity index (χ0n) is 18.9. The van der Waals surface area contributed by atoms with Crippen LogP contribution >= 0.6 is 0 Å². The van der Waals surface area contributed by atoms with Crippen LogP contribution < -0.4 is 14.8 Å². The fourth-order valence-electron chi connectivity index (χ4n) is 5.07. The van der Waals surface area contributed by atoms with Crippen molar-refractivity contribution in [2.24, 2.45) is 0 Å². The van der Waals surface area contributed by atoms with Gasteiger partial charge in [-0.25, -0.2) is 9.07 Å². The lowest BCUT2D eigenvalue weighted by atomic mass is 9.77. The van der Waals surface area contributed by atoms with Crippen LogP contribution in [-0.4, -0.2) is 28.9 Å². The lowest BCUT2D eigenvalue weighted by molar-refractivity contribution is -0.127. The van der Waals surface area contributed by atoms with E-state index in [4.69, 9.17) is 9.47 Å². The summed E-state index contributed by atoms with van der Waals surface area (Å²) in [5.74, 6) is 1.18. The molecule has 1 unspecified atom stereocenters. The van der Waals surface area contributed by atoms with Crippen molar-refractivity contribution in [3.8, 4) is 17.2 Å². The fourth-order valence-corrected chi connectivity index (χ4v) is 5.07. The summed E-state index contributed by atoms with van der Waals surface area (Å²) in [4.78, 5) is 13.7. The molecule has 0 spiro atoms. The molecule has 3 aromatic rings. The Morgan fingerprint density at radius 3 is 2.52 bits per heavy atom. The van der Waals surface area contributed by atoms with E-state index in [1.165, 1.54) is 12.1 Å². The number of rotatable bonds is 5. The van der Waals surface area contributed by atoms with E-state index >= 15 is 0 Å². The third-order valence-corrected chi connectivity index (χ3v) is 6.92. The molecule has 1 amide bonds. The van der Waals surface area contributed by atoms with Gasteiger partial charge in [0, 0.05) is 11.3 Å². The first kappa shape index (κ1) is 21.5. The van der Waals surface area contributed by atoms with Crippen LogP contribution in [0.3, 0.4) is 0 Å². The van der Waals surface area contributed by atoms with Crippen LogP contribution in [-0.2, 0) is 10.2 Å². The second kappa shape index (κ2) is 8.54. The van der Waals surface area contributed by atoms with E-state index in [1.807, 2.05) is 32.0 Å². The van der Waals surface area contributed by atoms with Crippen molar-refractivity contribution in [3.63, 3.8) is 0 Å². The van der Waals surface area contributed by atoms with Gasteiger partial charge in [-0.05, 0) is 68.7 Å². The Kier molecular flexibility index (Phi) is 5.56. The predicted molar refractivity (Wildman–Crippen MR) is 122 cm³/mol. The van der Waals surface area contributed by atoms with E-state index in [9.17, 15) is 9.18 Å². The molecule has 2 heterocycles. The first-order chi connectivity index (χ1) is 16.0. The number of nitrogens with zero attached hydrogens (tertiary/aromatic N) is 2. The lowest BCUT2D eigenvalue weighted by Gasteiger charge is -2.31. The van der Waals surface area contributed by atoms with Gasteiger partial charge in [0.15, 0.2) is 11.5 Å². The van der Waals surface area contributed by atoms with Gasteiger partial charge in [-0.2, -0.15) is 5.10 Å². The minimum Gasteiger partial charge on any atom is -0.486 e. The molecule has 0 saturated heterocycles. The maximum Gasteiger partial charge on any atom is 0.231 e. The second-order valence-electron chi connectivity index (χ2n) is 8.92. The largest absolute Gasteiger partial charge is 0.486 e. The van der Waals surface area contributed by atoms with Crippen molar-refractivity contribution < 1.29 is 18.7 Å². The summed E-state index contributed by atoms with van der Waals surface area (Å²) in [5, 5.41) is 7.73. The molecule has 0 radical (unpaired) electrons.